The number of aromatic nitrogens is 1. The Hall–Kier alpha value is -2.76. The van der Waals surface area contributed by atoms with Gasteiger partial charge in [0, 0.05) is 6.08 Å². The van der Waals surface area contributed by atoms with Gasteiger partial charge in [-0.15, -0.1) is 0 Å². The number of methoxy groups -OCH3 is 1. The number of nitrogens with zero attached hydrogens (tertiary/aromatic N) is 1. The number of amides is 1. The van der Waals surface area contributed by atoms with Crippen LogP contribution >= 0.6 is 0 Å². The standard InChI is InChI=1S/C19H24N2O4/c1-5-10-24-16-8-6-15(11-17(16)23-4)7-9-18(22)20-12-19-21-13(2)14(3)25-19/h6-9,11H,5,10,12H2,1-4H3,(H,20,22)/b9-7+. The summed E-state index contributed by atoms with van der Waals surface area (Å²) in [4.78, 5) is 16.1. The van der Waals surface area contributed by atoms with Crippen LogP contribution in [0.5, 0.6) is 11.5 Å². The van der Waals surface area contributed by atoms with Gasteiger partial charge in [-0.25, -0.2) is 4.98 Å². The predicted molar refractivity (Wildman–Crippen MR) is 95.6 cm³/mol. The van der Waals surface area contributed by atoms with Crippen LogP contribution in [-0.2, 0) is 11.3 Å². The molecule has 0 spiro atoms. The van der Waals surface area contributed by atoms with Crippen molar-refractivity contribution in [2.45, 2.75) is 33.7 Å². The third-order valence-electron chi connectivity index (χ3n) is 3.56. The molecule has 1 aromatic carbocycles. The monoisotopic (exact) mass is 344 g/mol. The van der Waals surface area contributed by atoms with Crippen LogP contribution in [0.1, 0.15) is 36.3 Å². The second-order valence-corrected chi connectivity index (χ2v) is 5.56. The van der Waals surface area contributed by atoms with Crippen LogP contribution < -0.4 is 14.8 Å². The molecule has 0 unspecified atom stereocenters. The first kappa shape index (κ1) is 18.6. The lowest BCUT2D eigenvalue weighted by molar-refractivity contribution is -0.116. The van der Waals surface area contributed by atoms with Crippen LogP contribution in [0.4, 0.5) is 0 Å². The molecule has 25 heavy (non-hydrogen) atoms. The smallest absolute Gasteiger partial charge is 0.244 e. The minimum atomic E-state index is -0.223. The number of hydrogen-bond acceptors (Lipinski definition) is 5. The summed E-state index contributed by atoms with van der Waals surface area (Å²) in [6.07, 6.45) is 4.10. The second kappa shape index (κ2) is 8.92. The van der Waals surface area contributed by atoms with Crippen LogP contribution in [0.2, 0.25) is 0 Å². The number of hydrogen-bond donors (Lipinski definition) is 1. The van der Waals surface area contributed by atoms with E-state index in [9.17, 15) is 4.79 Å². The maximum Gasteiger partial charge on any atom is 0.244 e. The zero-order valence-electron chi connectivity index (χ0n) is 15.1. The molecule has 1 heterocycles. The van der Waals surface area contributed by atoms with Crippen molar-refractivity contribution in [1.82, 2.24) is 10.3 Å². The Morgan fingerprint density at radius 1 is 1.32 bits per heavy atom. The van der Waals surface area contributed by atoms with Crippen molar-refractivity contribution in [3.8, 4) is 11.5 Å². The normalized spacial score (nSPS) is 10.9. The summed E-state index contributed by atoms with van der Waals surface area (Å²) < 4.78 is 16.4. The maximum absolute atomic E-state index is 11.9. The van der Waals surface area contributed by atoms with E-state index in [4.69, 9.17) is 13.9 Å². The fourth-order valence-electron chi connectivity index (χ4n) is 2.13. The summed E-state index contributed by atoms with van der Waals surface area (Å²) in [7, 11) is 1.59. The summed E-state index contributed by atoms with van der Waals surface area (Å²) in [6.45, 7) is 6.64. The highest BCUT2D eigenvalue weighted by molar-refractivity contribution is 5.91. The van der Waals surface area contributed by atoms with Crippen LogP contribution in [0.3, 0.4) is 0 Å². The third-order valence-corrected chi connectivity index (χ3v) is 3.56. The molecule has 1 amide bonds. The quantitative estimate of drug-likeness (QED) is 0.743. The highest BCUT2D eigenvalue weighted by atomic mass is 16.5. The molecule has 0 radical (unpaired) electrons. The molecule has 2 rings (SSSR count). The molecule has 0 saturated heterocycles. The number of rotatable bonds is 8. The Bertz CT molecular complexity index is 730. The molecule has 2 aromatic rings. The van der Waals surface area contributed by atoms with Gasteiger partial charge in [0.15, 0.2) is 11.5 Å². The van der Waals surface area contributed by atoms with E-state index in [1.165, 1.54) is 6.08 Å². The molecule has 0 bridgehead atoms. The van der Waals surface area contributed by atoms with Gasteiger partial charge < -0.3 is 19.2 Å². The number of benzene rings is 1. The molecular weight excluding hydrogens is 320 g/mol. The summed E-state index contributed by atoms with van der Waals surface area (Å²) in [5, 5.41) is 2.74. The Kier molecular flexibility index (Phi) is 6.62. The van der Waals surface area contributed by atoms with E-state index in [-0.39, 0.29) is 12.5 Å². The van der Waals surface area contributed by atoms with E-state index in [0.29, 0.717) is 24.0 Å². The Balaban J connectivity index is 1.94. The minimum absolute atomic E-state index is 0.223. The van der Waals surface area contributed by atoms with Crippen molar-refractivity contribution < 1.29 is 18.7 Å². The molecule has 0 aliphatic carbocycles. The van der Waals surface area contributed by atoms with Crippen LogP contribution in [-0.4, -0.2) is 24.6 Å². The molecular formula is C19H24N2O4. The van der Waals surface area contributed by atoms with Crippen molar-refractivity contribution in [2.24, 2.45) is 0 Å². The molecule has 1 aromatic heterocycles. The van der Waals surface area contributed by atoms with E-state index in [1.54, 1.807) is 13.2 Å². The van der Waals surface area contributed by atoms with Gasteiger partial charge in [-0.05, 0) is 44.0 Å². The average molecular weight is 344 g/mol. The zero-order chi connectivity index (χ0) is 18.2. The molecule has 6 nitrogen and oxygen atoms in total. The summed E-state index contributed by atoms with van der Waals surface area (Å²) in [6, 6.07) is 5.54. The Morgan fingerprint density at radius 2 is 2.12 bits per heavy atom. The second-order valence-electron chi connectivity index (χ2n) is 5.56. The van der Waals surface area contributed by atoms with Gasteiger partial charge in [0.05, 0.1) is 26.0 Å². The van der Waals surface area contributed by atoms with Gasteiger partial charge in [0.1, 0.15) is 5.76 Å². The summed E-state index contributed by atoms with van der Waals surface area (Å²) in [5.41, 5.74) is 1.68. The van der Waals surface area contributed by atoms with E-state index >= 15 is 0 Å². The number of nitrogens with one attached hydrogen (secondary N) is 1. The molecule has 0 atom stereocenters. The Labute approximate surface area is 147 Å². The van der Waals surface area contributed by atoms with Gasteiger partial charge in [-0.1, -0.05) is 13.0 Å². The Morgan fingerprint density at radius 3 is 2.76 bits per heavy atom. The van der Waals surface area contributed by atoms with Crippen molar-refractivity contribution in [2.75, 3.05) is 13.7 Å². The summed E-state index contributed by atoms with van der Waals surface area (Å²) in [5.74, 6) is 2.37. The molecule has 134 valence electrons. The van der Waals surface area contributed by atoms with Crippen molar-refractivity contribution >= 4 is 12.0 Å². The molecule has 0 saturated carbocycles. The van der Waals surface area contributed by atoms with Crippen LogP contribution in [0, 0.1) is 13.8 Å². The average Bonchev–Trinajstić information content (AvgIpc) is 2.94. The molecule has 0 aliphatic heterocycles. The first-order valence-electron chi connectivity index (χ1n) is 8.23. The van der Waals surface area contributed by atoms with E-state index in [1.807, 2.05) is 39.0 Å². The fraction of sp³-hybridized carbons (Fsp3) is 0.368. The number of oxazole rings is 1. The first-order valence-corrected chi connectivity index (χ1v) is 8.23. The number of carbonyl (C=O) groups excluding carboxylic acids is 1. The van der Waals surface area contributed by atoms with Crippen molar-refractivity contribution in [1.29, 1.82) is 0 Å². The maximum atomic E-state index is 11.9. The SMILES string of the molecule is CCCOc1ccc(/C=C/C(=O)NCc2nc(C)c(C)o2)cc1OC. The number of carbonyl (C=O) groups is 1. The van der Waals surface area contributed by atoms with Gasteiger partial charge in [0.25, 0.3) is 0 Å². The van der Waals surface area contributed by atoms with Crippen LogP contribution in [0.25, 0.3) is 6.08 Å². The highest BCUT2D eigenvalue weighted by Crippen LogP contribution is 2.28. The number of ether oxygens (including phenoxy) is 2. The minimum Gasteiger partial charge on any atom is -0.493 e. The molecule has 0 fully saturated rings. The van der Waals surface area contributed by atoms with Crippen molar-refractivity contribution in [3.63, 3.8) is 0 Å². The lowest BCUT2D eigenvalue weighted by atomic mass is 10.2. The number of aryl methyl sites for hydroxylation is 2. The van der Waals surface area contributed by atoms with Gasteiger partial charge in [0.2, 0.25) is 11.8 Å². The van der Waals surface area contributed by atoms with Gasteiger partial charge in [-0.3, -0.25) is 4.79 Å². The highest BCUT2D eigenvalue weighted by Gasteiger charge is 2.07. The third kappa shape index (κ3) is 5.38. The van der Waals surface area contributed by atoms with E-state index in [0.717, 1.165) is 23.4 Å². The molecule has 1 N–H and O–H groups in total. The molecule has 0 aliphatic rings. The largest absolute Gasteiger partial charge is 0.493 e. The van der Waals surface area contributed by atoms with E-state index in [2.05, 4.69) is 10.3 Å². The summed E-state index contributed by atoms with van der Waals surface area (Å²) >= 11 is 0. The first-order chi connectivity index (χ1) is 12.0. The lowest BCUT2D eigenvalue weighted by Crippen LogP contribution is -2.20. The van der Waals surface area contributed by atoms with Crippen molar-refractivity contribution in [3.05, 3.63) is 47.2 Å². The van der Waals surface area contributed by atoms with Gasteiger partial charge >= 0.3 is 0 Å². The zero-order valence-corrected chi connectivity index (χ0v) is 15.1. The van der Waals surface area contributed by atoms with Crippen LogP contribution in [0.15, 0.2) is 28.7 Å². The van der Waals surface area contributed by atoms with Gasteiger partial charge in [-0.2, -0.15) is 0 Å². The van der Waals surface area contributed by atoms with E-state index < -0.39 is 0 Å². The lowest BCUT2D eigenvalue weighted by Gasteiger charge is -2.10. The predicted octanol–water partition coefficient (Wildman–Crippen LogP) is 3.42. The fourth-order valence-corrected chi connectivity index (χ4v) is 2.13. The molecule has 6 heteroatoms. The topological polar surface area (TPSA) is 73.6 Å².